The summed E-state index contributed by atoms with van der Waals surface area (Å²) in [5.74, 6) is 0.375. The zero-order chi connectivity index (χ0) is 12.0. The van der Waals surface area contributed by atoms with E-state index in [0.29, 0.717) is 18.6 Å². The van der Waals surface area contributed by atoms with E-state index in [2.05, 4.69) is 27.2 Å². The fourth-order valence-corrected chi connectivity index (χ4v) is 1.33. The lowest BCUT2D eigenvalue weighted by molar-refractivity contribution is -0.136. The molecule has 0 fully saturated rings. The Kier molecular flexibility index (Phi) is 5.05. The third-order valence-corrected chi connectivity index (χ3v) is 2.49. The number of hydrogen-bond acceptors (Lipinski definition) is 3. The number of carbonyl (C=O) groups is 1. The summed E-state index contributed by atoms with van der Waals surface area (Å²) in [5, 5.41) is 0. The van der Waals surface area contributed by atoms with E-state index >= 15 is 0 Å². The van der Waals surface area contributed by atoms with Crippen LogP contribution in [0.4, 0.5) is 0 Å². The summed E-state index contributed by atoms with van der Waals surface area (Å²) in [7, 11) is 1.34. The Labute approximate surface area is 103 Å². The van der Waals surface area contributed by atoms with Crippen LogP contribution in [0.5, 0.6) is 5.75 Å². The molecule has 0 amide bonds. The predicted molar refractivity (Wildman–Crippen MR) is 65.4 cm³/mol. The van der Waals surface area contributed by atoms with Crippen LogP contribution < -0.4 is 4.74 Å². The topological polar surface area (TPSA) is 35.5 Å². The number of rotatable bonds is 5. The van der Waals surface area contributed by atoms with Gasteiger partial charge in [-0.25, -0.2) is 4.79 Å². The number of halogens is 1. The largest absolute Gasteiger partial charge is 0.493 e. The molecule has 0 heterocycles. The second-order valence-electron chi connectivity index (χ2n) is 3.15. The van der Waals surface area contributed by atoms with Gasteiger partial charge in [0.2, 0.25) is 0 Å². The molecular weight excluding hydrogens is 272 g/mol. The van der Waals surface area contributed by atoms with E-state index in [0.717, 1.165) is 10.2 Å². The van der Waals surface area contributed by atoms with Gasteiger partial charge in [-0.3, -0.25) is 0 Å². The van der Waals surface area contributed by atoms with Gasteiger partial charge in [0.05, 0.1) is 13.7 Å². The minimum atomic E-state index is -0.389. The number of benzene rings is 1. The lowest BCUT2D eigenvalue weighted by Crippen LogP contribution is -2.07. The molecule has 0 bridgehead atoms. The smallest absolute Gasteiger partial charge is 0.333 e. The first-order valence-corrected chi connectivity index (χ1v) is 5.57. The van der Waals surface area contributed by atoms with Gasteiger partial charge in [0.25, 0.3) is 0 Å². The van der Waals surface area contributed by atoms with Crippen LogP contribution in [0.25, 0.3) is 0 Å². The van der Waals surface area contributed by atoms with Crippen LogP contribution in [0.1, 0.15) is 6.42 Å². The van der Waals surface area contributed by atoms with Gasteiger partial charge in [-0.1, -0.05) is 22.5 Å². The summed E-state index contributed by atoms with van der Waals surface area (Å²) in [6.45, 7) is 4.02. The maximum Gasteiger partial charge on any atom is 0.333 e. The van der Waals surface area contributed by atoms with Crippen molar-refractivity contribution in [1.29, 1.82) is 0 Å². The molecule has 0 aromatic heterocycles. The quantitative estimate of drug-likeness (QED) is 0.616. The molecule has 4 heteroatoms. The first-order chi connectivity index (χ1) is 7.63. The van der Waals surface area contributed by atoms with E-state index in [-0.39, 0.29) is 5.97 Å². The van der Waals surface area contributed by atoms with Crippen molar-refractivity contribution < 1.29 is 14.3 Å². The van der Waals surface area contributed by atoms with Gasteiger partial charge in [-0.2, -0.15) is 0 Å². The highest BCUT2D eigenvalue weighted by Crippen LogP contribution is 2.16. The highest BCUT2D eigenvalue weighted by Gasteiger charge is 2.06. The van der Waals surface area contributed by atoms with E-state index in [4.69, 9.17) is 4.74 Å². The standard InChI is InChI=1S/C12H13BrO3/c1-9(12(14)15-2)7-8-16-11-5-3-10(13)4-6-11/h3-6H,1,7-8H2,2H3. The van der Waals surface area contributed by atoms with Crippen molar-refractivity contribution in [2.24, 2.45) is 0 Å². The fourth-order valence-electron chi connectivity index (χ4n) is 1.07. The summed E-state index contributed by atoms with van der Waals surface area (Å²) in [4.78, 5) is 11.0. The maximum atomic E-state index is 11.0. The van der Waals surface area contributed by atoms with Crippen LogP contribution in [-0.4, -0.2) is 19.7 Å². The summed E-state index contributed by atoms with van der Waals surface area (Å²) >= 11 is 3.33. The molecule has 16 heavy (non-hydrogen) atoms. The Morgan fingerprint density at radius 2 is 2.00 bits per heavy atom. The number of ether oxygens (including phenoxy) is 2. The van der Waals surface area contributed by atoms with Gasteiger partial charge in [0.1, 0.15) is 5.75 Å². The van der Waals surface area contributed by atoms with Crippen LogP contribution >= 0.6 is 15.9 Å². The second-order valence-corrected chi connectivity index (χ2v) is 4.06. The lowest BCUT2D eigenvalue weighted by atomic mass is 10.2. The average molecular weight is 285 g/mol. The van der Waals surface area contributed by atoms with E-state index < -0.39 is 0 Å². The van der Waals surface area contributed by atoms with E-state index in [1.165, 1.54) is 7.11 Å². The fraction of sp³-hybridized carbons (Fsp3) is 0.250. The number of esters is 1. The SMILES string of the molecule is C=C(CCOc1ccc(Br)cc1)C(=O)OC. The predicted octanol–water partition coefficient (Wildman–Crippen LogP) is 2.95. The number of methoxy groups -OCH3 is 1. The molecule has 0 aliphatic heterocycles. The highest BCUT2D eigenvalue weighted by atomic mass is 79.9. The van der Waals surface area contributed by atoms with Gasteiger partial charge in [0.15, 0.2) is 0 Å². The third-order valence-electron chi connectivity index (χ3n) is 1.96. The highest BCUT2D eigenvalue weighted by molar-refractivity contribution is 9.10. The summed E-state index contributed by atoms with van der Waals surface area (Å²) in [5.41, 5.74) is 0.416. The molecule has 0 aliphatic carbocycles. The van der Waals surface area contributed by atoms with Crippen LogP contribution in [0.2, 0.25) is 0 Å². The molecule has 1 aromatic carbocycles. The van der Waals surface area contributed by atoms with E-state index in [1.54, 1.807) is 0 Å². The van der Waals surface area contributed by atoms with Crippen molar-refractivity contribution in [1.82, 2.24) is 0 Å². The molecule has 0 unspecified atom stereocenters. The Morgan fingerprint density at radius 1 is 1.38 bits per heavy atom. The average Bonchev–Trinajstić information content (AvgIpc) is 2.30. The van der Waals surface area contributed by atoms with Crippen molar-refractivity contribution in [2.75, 3.05) is 13.7 Å². The molecule has 1 rings (SSSR count). The lowest BCUT2D eigenvalue weighted by Gasteiger charge is -2.06. The van der Waals surface area contributed by atoms with Crippen molar-refractivity contribution >= 4 is 21.9 Å². The van der Waals surface area contributed by atoms with Crippen LogP contribution in [0.15, 0.2) is 40.9 Å². The Bertz CT molecular complexity index is 370. The normalized spacial score (nSPS) is 9.62. The molecule has 0 atom stereocenters. The minimum absolute atomic E-state index is 0.389. The molecule has 0 saturated carbocycles. The first kappa shape index (κ1) is 12.8. The summed E-state index contributed by atoms with van der Waals surface area (Å²) in [6, 6.07) is 7.49. The molecule has 3 nitrogen and oxygen atoms in total. The molecule has 0 aliphatic rings. The van der Waals surface area contributed by atoms with Gasteiger partial charge >= 0.3 is 5.97 Å². The third kappa shape index (κ3) is 4.06. The zero-order valence-electron chi connectivity index (χ0n) is 9.03. The van der Waals surface area contributed by atoms with Gasteiger partial charge in [-0.15, -0.1) is 0 Å². The van der Waals surface area contributed by atoms with E-state index in [9.17, 15) is 4.79 Å². The minimum Gasteiger partial charge on any atom is -0.493 e. The molecule has 0 spiro atoms. The molecular formula is C12H13BrO3. The van der Waals surface area contributed by atoms with E-state index in [1.807, 2.05) is 24.3 Å². The first-order valence-electron chi connectivity index (χ1n) is 4.78. The Morgan fingerprint density at radius 3 is 2.56 bits per heavy atom. The van der Waals surface area contributed by atoms with Gasteiger partial charge < -0.3 is 9.47 Å². The van der Waals surface area contributed by atoms with Gasteiger partial charge in [-0.05, 0) is 24.3 Å². The van der Waals surface area contributed by atoms with Gasteiger partial charge in [0, 0.05) is 16.5 Å². The summed E-state index contributed by atoms with van der Waals surface area (Å²) < 4.78 is 11.0. The van der Waals surface area contributed by atoms with Crippen LogP contribution in [0.3, 0.4) is 0 Å². The Balaban J connectivity index is 2.33. The second kappa shape index (κ2) is 6.33. The van der Waals surface area contributed by atoms with Crippen molar-refractivity contribution in [3.05, 3.63) is 40.9 Å². The monoisotopic (exact) mass is 284 g/mol. The number of carbonyl (C=O) groups excluding carboxylic acids is 1. The van der Waals surface area contributed by atoms with Crippen molar-refractivity contribution in [3.8, 4) is 5.75 Å². The van der Waals surface area contributed by atoms with Crippen LogP contribution in [0, 0.1) is 0 Å². The van der Waals surface area contributed by atoms with Crippen molar-refractivity contribution in [3.63, 3.8) is 0 Å². The summed E-state index contributed by atoms with van der Waals surface area (Å²) in [6.07, 6.45) is 0.461. The molecule has 0 radical (unpaired) electrons. The molecule has 1 aromatic rings. The molecule has 0 N–H and O–H groups in total. The Hall–Kier alpha value is -1.29. The molecule has 86 valence electrons. The van der Waals surface area contributed by atoms with Crippen LogP contribution in [-0.2, 0) is 9.53 Å². The van der Waals surface area contributed by atoms with Crippen molar-refractivity contribution in [2.45, 2.75) is 6.42 Å². The maximum absolute atomic E-state index is 11.0. The molecule has 0 saturated heterocycles. The zero-order valence-corrected chi connectivity index (χ0v) is 10.6. The number of hydrogen-bond donors (Lipinski definition) is 0.